The fourth-order valence-corrected chi connectivity index (χ4v) is 4.29. The van der Waals surface area contributed by atoms with E-state index in [4.69, 9.17) is 4.74 Å². The zero-order valence-corrected chi connectivity index (χ0v) is 20.8. The van der Waals surface area contributed by atoms with Crippen LogP contribution in [0.3, 0.4) is 0 Å². The lowest BCUT2D eigenvalue weighted by Gasteiger charge is -2.33. The molecule has 0 radical (unpaired) electrons. The number of hydrogen-bond donors (Lipinski definition) is 1. The monoisotopic (exact) mass is 493 g/mol. The lowest BCUT2D eigenvalue weighted by atomic mass is 10.1. The van der Waals surface area contributed by atoms with Gasteiger partial charge >= 0.3 is 0 Å². The molecule has 0 aliphatic carbocycles. The van der Waals surface area contributed by atoms with Gasteiger partial charge in [-0.1, -0.05) is 32.0 Å². The van der Waals surface area contributed by atoms with Crippen molar-refractivity contribution in [3.8, 4) is 5.75 Å². The molecule has 1 atom stereocenters. The summed E-state index contributed by atoms with van der Waals surface area (Å²) < 4.78 is 44.7. The summed E-state index contributed by atoms with van der Waals surface area (Å²) in [6.07, 6.45) is 2.06. The van der Waals surface area contributed by atoms with Crippen molar-refractivity contribution in [1.29, 1.82) is 0 Å². The van der Waals surface area contributed by atoms with Gasteiger partial charge in [-0.05, 0) is 42.7 Å². The zero-order valence-electron chi connectivity index (χ0n) is 20.0. The van der Waals surface area contributed by atoms with E-state index in [1.54, 1.807) is 25.1 Å². The van der Waals surface area contributed by atoms with Crippen LogP contribution in [0.2, 0.25) is 0 Å². The standard InChI is InChI=1S/C24H32FN3O5S/c1-5-14-26-24(30)22(6-2)27(16-18-10-12-19(25)13-11-18)23(29)17-28(34(4,31)32)20-8-7-9-21(15-20)33-3/h7-13,15,22H,5-6,14,16-17H2,1-4H3,(H,26,30)/t22-/m1/s1. The van der Waals surface area contributed by atoms with Crippen LogP contribution in [0.5, 0.6) is 5.75 Å². The molecular weight excluding hydrogens is 461 g/mol. The number of nitrogens with zero attached hydrogens (tertiary/aromatic N) is 2. The topological polar surface area (TPSA) is 96.0 Å². The molecule has 2 aromatic rings. The number of nitrogens with one attached hydrogen (secondary N) is 1. The summed E-state index contributed by atoms with van der Waals surface area (Å²) in [7, 11) is -2.38. The molecule has 2 aromatic carbocycles. The van der Waals surface area contributed by atoms with Crippen molar-refractivity contribution < 1.29 is 27.1 Å². The lowest BCUT2D eigenvalue weighted by molar-refractivity contribution is -0.140. The van der Waals surface area contributed by atoms with Crippen LogP contribution in [-0.2, 0) is 26.2 Å². The third-order valence-corrected chi connectivity index (χ3v) is 6.36. The van der Waals surface area contributed by atoms with Gasteiger partial charge in [0.2, 0.25) is 21.8 Å². The smallest absolute Gasteiger partial charge is 0.244 e. The van der Waals surface area contributed by atoms with Crippen molar-refractivity contribution in [2.24, 2.45) is 0 Å². The quantitative estimate of drug-likeness (QED) is 0.491. The number of sulfonamides is 1. The number of carbonyl (C=O) groups excluding carboxylic acids is 2. The van der Waals surface area contributed by atoms with Crippen molar-refractivity contribution in [3.63, 3.8) is 0 Å². The Bertz CT molecular complexity index is 1080. The van der Waals surface area contributed by atoms with Gasteiger partial charge in [-0.3, -0.25) is 13.9 Å². The van der Waals surface area contributed by atoms with Crippen molar-refractivity contribution in [1.82, 2.24) is 10.2 Å². The number of ether oxygens (including phenoxy) is 1. The average molecular weight is 494 g/mol. The molecule has 2 rings (SSSR count). The summed E-state index contributed by atoms with van der Waals surface area (Å²) in [5.74, 6) is -0.869. The van der Waals surface area contributed by atoms with Gasteiger partial charge in [-0.2, -0.15) is 0 Å². The predicted molar refractivity (Wildman–Crippen MR) is 130 cm³/mol. The van der Waals surface area contributed by atoms with Crippen LogP contribution < -0.4 is 14.4 Å². The molecule has 0 heterocycles. The van der Waals surface area contributed by atoms with E-state index in [1.807, 2.05) is 6.92 Å². The van der Waals surface area contributed by atoms with Crippen LogP contribution in [-0.4, -0.2) is 57.6 Å². The fraction of sp³-hybridized carbons (Fsp3) is 0.417. The third kappa shape index (κ3) is 7.44. The zero-order chi connectivity index (χ0) is 25.3. The van der Waals surface area contributed by atoms with E-state index >= 15 is 0 Å². The fourth-order valence-electron chi connectivity index (χ4n) is 3.45. The Balaban J connectivity index is 2.42. The first kappa shape index (κ1) is 27.1. The first-order valence-corrected chi connectivity index (χ1v) is 12.9. The summed E-state index contributed by atoms with van der Waals surface area (Å²) in [5.41, 5.74) is 0.879. The number of carbonyl (C=O) groups is 2. The van der Waals surface area contributed by atoms with E-state index in [0.717, 1.165) is 17.0 Å². The average Bonchev–Trinajstić information content (AvgIpc) is 2.81. The van der Waals surface area contributed by atoms with Crippen LogP contribution in [0, 0.1) is 5.82 Å². The second-order valence-electron chi connectivity index (χ2n) is 7.83. The van der Waals surface area contributed by atoms with Crippen LogP contribution in [0.25, 0.3) is 0 Å². The van der Waals surface area contributed by atoms with E-state index in [9.17, 15) is 22.4 Å². The van der Waals surface area contributed by atoms with Gasteiger partial charge in [0.05, 0.1) is 19.1 Å². The normalized spacial score (nSPS) is 12.0. The first-order valence-electron chi connectivity index (χ1n) is 11.0. The number of amides is 2. The highest BCUT2D eigenvalue weighted by molar-refractivity contribution is 7.92. The molecule has 0 aliphatic heterocycles. The molecule has 10 heteroatoms. The molecule has 0 saturated carbocycles. The lowest BCUT2D eigenvalue weighted by Crippen LogP contribution is -2.52. The van der Waals surface area contributed by atoms with E-state index in [2.05, 4.69) is 5.32 Å². The molecule has 0 spiro atoms. The Kier molecular flexibility index (Phi) is 9.85. The van der Waals surface area contributed by atoms with E-state index in [1.165, 1.54) is 42.3 Å². The highest BCUT2D eigenvalue weighted by Gasteiger charge is 2.31. The number of methoxy groups -OCH3 is 1. The summed E-state index contributed by atoms with van der Waals surface area (Å²) >= 11 is 0. The minimum absolute atomic E-state index is 0.0207. The van der Waals surface area contributed by atoms with Crippen LogP contribution >= 0.6 is 0 Å². The highest BCUT2D eigenvalue weighted by atomic mass is 32.2. The molecule has 0 unspecified atom stereocenters. The van der Waals surface area contributed by atoms with E-state index in [-0.39, 0.29) is 18.1 Å². The summed E-state index contributed by atoms with van der Waals surface area (Å²) in [6.45, 7) is 3.66. The number of benzene rings is 2. The second kappa shape index (κ2) is 12.4. The molecule has 34 heavy (non-hydrogen) atoms. The number of halogens is 1. The van der Waals surface area contributed by atoms with E-state index < -0.39 is 34.3 Å². The molecule has 0 saturated heterocycles. The molecule has 0 fully saturated rings. The van der Waals surface area contributed by atoms with E-state index in [0.29, 0.717) is 24.3 Å². The summed E-state index contributed by atoms with van der Waals surface area (Å²) in [5, 5.41) is 2.80. The first-order chi connectivity index (χ1) is 16.1. The molecular formula is C24H32FN3O5S. The van der Waals surface area contributed by atoms with Gasteiger partial charge in [0.15, 0.2) is 0 Å². The number of rotatable bonds is 12. The molecule has 0 aromatic heterocycles. The van der Waals surface area contributed by atoms with Crippen LogP contribution in [0.15, 0.2) is 48.5 Å². The molecule has 8 nitrogen and oxygen atoms in total. The van der Waals surface area contributed by atoms with Crippen molar-refractivity contribution in [2.45, 2.75) is 39.3 Å². The Labute approximate surface area is 200 Å². The Morgan fingerprint density at radius 3 is 2.35 bits per heavy atom. The summed E-state index contributed by atoms with van der Waals surface area (Å²) in [6, 6.07) is 11.2. The Hall–Kier alpha value is -3.14. The van der Waals surface area contributed by atoms with Crippen molar-refractivity contribution in [2.75, 3.05) is 30.8 Å². The molecule has 1 N–H and O–H groups in total. The van der Waals surface area contributed by atoms with Gasteiger partial charge in [-0.25, -0.2) is 12.8 Å². The molecule has 0 aliphatic rings. The number of hydrogen-bond acceptors (Lipinski definition) is 5. The van der Waals surface area contributed by atoms with Gasteiger partial charge in [0.1, 0.15) is 24.2 Å². The van der Waals surface area contributed by atoms with Crippen LogP contribution in [0.1, 0.15) is 32.3 Å². The molecule has 2 amide bonds. The second-order valence-corrected chi connectivity index (χ2v) is 9.74. The SMILES string of the molecule is CCCNC(=O)[C@@H](CC)N(Cc1ccc(F)cc1)C(=O)CN(c1cccc(OC)c1)S(C)(=O)=O. The largest absolute Gasteiger partial charge is 0.497 e. The maximum Gasteiger partial charge on any atom is 0.244 e. The Morgan fingerprint density at radius 2 is 1.79 bits per heavy atom. The minimum Gasteiger partial charge on any atom is -0.497 e. The van der Waals surface area contributed by atoms with Crippen LogP contribution in [0.4, 0.5) is 10.1 Å². The molecule has 186 valence electrons. The maximum atomic E-state index is 13.5. The Morgan fingerprint density at radius 1 is 1.12 bits per heavy atom. The maximum absolute atomic E-state index is 13.5. The predicted octanol–water partition coefficient (Wildman–Crippen LogP) is 2.93. The van der Waals surface area contributed by atoms with Gasteiger partial charge in [-0.15, -0.1) is 0 Å². The van der Waals surface area contributed by atoms with Gasteiger partial charge in [0, 0.05) is 19.2 Å². The van der Waals surface area contributed by atoms with Gasteiger partial charge < -0.3 is 15.0 Å². The number of anilines is 1. The van der Waals surface area contributed by atoms with Crippen molar-refractivity contribution in [3.05, 3.63) is 59.9 Å². The third-order valence-electron chi connectivity index (χ3n) is 5.22. The highest BCUT2D eigenvalue weighted by Crippen LogP contribution is 2.24. The summed E-state index contributed by atoms with van der Waals surface area (Å²) in [4.78, 5) is 27.7. The van der Waals surface area contributed by atoms with Gasteiger partial charge in [0.25, 0.3) is 0 Å². The molecule has 0 bridgehead atoms. The minimum atomic E-state index is -3.84. The van der Waals surface area contributed by atoms with Crippen molar-refractivity contribution >= 4 is 27.5 Å².